The van der Waals surface area contributed by atoms with Crippen LogP contribution in [0.25, 0.3) is 11.0 Å². The van der Waals surface area contributed by atoms with E-state index in [9.17, 15) is 22.8 Å². The average Bonchev–Trinajstić information content (AvgIpc) is 2.97. The van der Waals surface area contributed by atoms with Gasteiger partial charge in [-0.1, -0.05) is 29.8 Å². The van der Waals surface area contributed by atoms with Gasteiger partial charge in [-0.3, -0.25) is 4.79 Å². The van der Waals surface area contributed by atoms with E-state index in [1.165, 1.54) is 6.07 Å². The summed E-state index contributed by atoms with van der Waals surface area (Å²) >= 11 is 5.59. The number of nitrogens with one attached hydrogen (secondary N) is 1. The minimum atomic E-state index is -4.71. The number of fused-ring (bicyclic) bond motifs is 1. The van der Waals surface area contributed by atoms with Gasteiger partial charge >= 0.3 is 12.1 Å². The van der Waals surface area contributed by atoms with E-state index in [1.807, 2.05) is 0 Å². The van der Waals surface area contributed by atoms with E-state index in [2.05, 4.69) is 5.32 Å². The monoisotopic (exact) mass is 411 g/mol. The van der Waals surface area contributed by atoms with Gasteiger partial charge in [0.15, 0.2) is 6.61 Å². The van der Waals surface area contributed by atoms with Crippen molar-refractivity contribution >= 4 is 40.1 Å². The van der Waals surface area contributed by atoms with E-state index in [4.69, 9.17) is 20.8 Å². The summed E-state index contributed by atoms with van der Waals surface area (Å²) in [5.74, 6) is -1.90. The van der Waals surface area contributed by atoms with Gasteiger partial charge in [0.05, 0.1) is 11.3 Å². The van der Waals surface area contributed by atoms with Gasteiger partial charge in [0, 0.05) is 16.0 Å². The quantitative estimate of drug-likeness (QED) is 0.598. The molecular formula is C19H13ClF3NO4. The molecule has 0 radical (unpaired) electrons. The Morgan fingerprint density at radius 1 is 1.18 bits per heavy atom. The summed E-state index contributed by atoms with van der Waals surface area (Å²) in [4.78, 5) is 24.1. The van der Waals surface area contributed by atoms with Crippen LogP contribution in [0.1, 0.15) is 21.7 Å². The summed E-state index contributed by atoms with van der Waals surface area (Å²) in [6, 6.07) is 9.86. The largest absolute Gasteiger partial charge is 0.450 e. The van der Waals surface area contributed by atoms with E-state index in [-0.39, 0.29) is 10.8 Å². The van der Waals surface area contributed by atoms with E-state index < -0.39 is 35.9 Å². The molecule has 9 heteroatoms. The highest BCUT2D eigenvalue weighted by Gasteiger charge is 2.34. The maximum absolute atomic E-state index is 13.1. The van der Waals surface area contributed by atoms with Gasteiger partial charge in [0.2, 0.25) is 5.76 Å². The molecule has 0 aliphatic heterocycles. The van der Waals surface area contributed by atoms with Crippen LogP contribution in [0.5, 0.6) is 0 Å². The number of amides is 1. The Kier molecular flexibility index (Phi) is 5.33. The van der Waals surface area contributed by atoms with Crippen LogP contribution in [-0.2, 0) is 15.7 Å². The van der Waals surface area contributed by atoms with Crippen LogP contribution < -0.4 is 5.32 Å². The zero-order valence-electron chi connectivity index (χ0n) is 14.4. The second kappa shape index (κ2) is 7.55. The number of furan rings is 1. The Morgan fingerprint density at radius 3 is 2.57 bits per heavy atom. The van der Waals surface area contributed by atoms with Crippen molar-refractivity contribution in [1.82, 2.24) is 0 Å². The second-order valence-electron chi connectivity index (χ2n) is 5.86. The Balaban J connectivity index is 1.69. The lowest BCUT2D eigenvalue weighted by Crippen LogP contribution is -2.22. The molecule has 1 amide bonds. The third-order valence-electron chi connectivity index (χ3n) is 3.92. The minimum Gasteiger partial charge on any atom is -0.450 e. The lowest BCUT2D eigenvalue weighted by molar-refractivity contribution is -0.137. The Hall–Kier alpha value is -3.00. The van der Waals surface area contributed by atoms with Gasteiger partial charge in [0.1, 0.15) is 5.58 Å². The summed E-state index contributed by atoms with van der Waals surface area (Å²) in [5.41, 5.74) is -0.573. The van der Waals surface area contributed by atoms with Crippen molar-refractivity contribution in [2.75, 3.05) is 11.9 Å². The fourth-order valence-corrected chi connectivity index (χ4v) is 2.78. The van der Waals surface area contributed by atoms with Crippen LogP contribution >= 0.6 is 11.6 Å². The van der Waals surface area contributed by atoms with E-state index in [0.29, 0.717) is 17.2 Å². The first-order valence-electron chi connectivity index (χ1n) is 7.98. The molecule has 3 rings (SSSR count). The zero-order valence-corrected chi connectivity index (χ0v) is 15.1. The third-order valence-corrected chi connectivity index (χ3v) is 4.16. The number of rotatable bonds is 4. The molecule has 0 spiro atoms. The predicted octanol–water partition coefficient (Wildman–Crippen LogP) is 5.21. The van der Waals surface area contributed by atoms with Crippen molar-refractivity contribution in [3.05, 3.63) is 64.4 Å². The molecule has 0 saturated carbocycles. The number of para-hydroxylation sites is 1. The smallest absolute Gasteiger partial charge is 0.418 e. The lowest BCUT2D eigenvalue weighted by Gasteiger charge is -2.14. The van der Waals surface area contributed by atoms with E-state index >= 15 is 0 Å². The number of aryl methyl sites for hydroxylation is 1. The number of hydrogen-bond acceptors (Lipinski definition) is 4. The molecule has 0 saturated heterocycles. The molecule has 0 aliphatic carbocycles. The van der Waals surface area contributed by atoms with Gasteiger partial charge in [-0.15, -0.1) is 0 Å². The molecule has 0 aliphatic rings. The predicted molar refractivity (Wildman–Crippen MR) is 96.3 cm³/mol. The van der Waals surface area contributed by atoms with Crippen molar-refractivity contribution in [2.24, 2.45) is 0 Å². The molecule has 0 atom stereocenters. The van der Waals surface area contributed by atoms with Crippen molar-refractivity contribution in [2.45, 2.75) is 13.1 Å². The normalized spacial score (nSPS) is 11.5. The van der Waals surface area contributed by atoms with Crippen LogP contribution in [-0.4, -0.2) is 18.5 Å². The molecule has 3 aromatic rings. The average molecular weight is 412 g/mol. The maximum atomic E-state index is 13.1. The Bertz CT molecular complexity index is 1060. The highest BCUT2D eigenvalue weighted by molar-refractivity contribution is 6.30. The fraction of sp³-hybridized carbons (Fsp3) is 0.158. The molecule has 28 heavy (non-hydrogen) atoms. The molecule has 0 unspecified atom stereocenters. The summed E-state index contributed by atoms with van der Waals surface area (Å²) in [6.45, 7) is 0.876. The Morgan fingerprint density at radius 2 is 1.89 bits per heavy atom. The van der Waals surface area contributed by atoms with Crippen LogP contribution in [0.2, 0.25) is 5.02 Å². The summed E-state index contributed by atoms with van der Waals surface area (Å²) in [6.07, 6.45) is -4.71. The van der Waals surface area contributed by atoms with Crippen LogP contribution in [0.3, 0.4) is 0 Å². The molecular weight excluding hydrogens is 399 g/mol. The van der Waals surface area contributed by atoms with Gasteiger partial charge in [0.25, 0.3) is 5.91 Å². The number of ether oxygens (including phenoxy) is 1. The summed E-state index contributed by atoms with van der Waals surface area (Å²) in [7, 11) is 0. The molecule has 1 aromatic heterocycles. The maximum Gasteiger partial charge on any atom is 0.418 e. The lowest BCUT2D eigenvalue weighted by atomic mass is 10.1. The number of alkyl halides is 3. The van der Waals surface area contributed by atoms with Gasteiger partial charge in [-0.05, 0) is 31.2 Å². The number of anilines is 1. The second-order valence-corrected chi connectivity index (χ2v) is 6.30. The van der Waals surface area contributed by atoms with Crippen LogP contribution in [0.4, 0.5) is 18.9 Å². The molecule has 5 nitrogen and oxygen atoms in total. The van der Waals surface area contributed by atoms with E-state index in [0.717, 1.165) is 11.5 Å². The number of esters is 1. The standard InChI is InChI=1S/C19H13ClF3NO4/c1-10-12-4-2-3-5-15(12)28-17(10)18(26)27-9-16(25)24-14-7-6-11(20)8-13(14)19(21,22)23/h2-8H,9H2,1H3,(H,24,25). The first-order valence-corrected chi connectivity index (χ1v) is 8.36. The molecule has 1 heterocycles. The number of benzene rings is 2. The number of carbonyl (C=O) groups is 2. The SMILES string of the molecule is Cc1c(C(=O)OCC(=O)Nc2ccc(Cl)cc2C(F)(F)F)oc2ccccc12. The van der Waals surface area contributed by atoms with Crippen LogP contribution in [0.15, 0.2) is 46.9 Å². The fourth-order valence-electron chi connectivity index (χ4n) is 2.61. The molecule has 146 valence electrons. The third kappa shape index (κ3) is 4.12. The number of carbonyl (C=O) groups excluding carboxylic acids is 2. The first kappa shape index (κ1) is 19.8. The van der Waals surface area contributed by atoms with Crippen LogP contribution in [0, 0.1) is 6.92 Å². The van der Waals surface area contributed by atoms with Gasteiger partial charge < -0.3 is 14.5 Å². The highest BCUT2D eigenvalue weighted by atomic mass is 35.5. The van der Waals surface area contributed by atoms with Gasteiger partial charge in [-0.25, -0.2) is 4.79 Å². The van der Waals surface area contributed by atoms with Crippen molar-refractivity contribution < 1.29 is 31.9 Å². The van der Waals surface area contributed by atoms with Crippen molar-refractivity contribution in [3.63, 3.8) is 0 Å². The molecule has 0 fully saturated rings. The number of hydrogen-bond donors (Lipinski definition) is 1. The molecule has 0 bridgehead atoms. The zero-order chi connectivity index (χ0) is 20.5. The topological polar surface area (TPSA) is 68.5 Å². The summed E-state index contributed by atoms with van der Waals surface area (Å²) in [5, 5.41) is 2.66. The molecule has 1 N–H and O–H groups in total. The highest BCUT2D eigenvalue weighted by Crippen LogP contribution is 2.36. The Labute approximate surface area is 162 Å². The van der Waals surface area contributed by atoms with Gasteiger partial charge in [-0.2, -0.15) is 13.2 Å². The van der Waals surface area contributed by atoms with E-state index in [1.54, 1.807) is 31.2 Å². The van der Waals surface area contributed by atoms with Crippen molar-refractivity contribution in [3.8, 4) is 0 Å². The van der Waals surface area contributed by atoms with Crippen molar-refractivity contribution in [1.29, 1.82) is 0 Å². The summed E-state index contributed by atoms with van der Waals surface area (Å²) < 4.78 is 49.4. The minimum absolute atomic E-state index is 0.0727. The first-order chi connectivity index (χ1) is 13.2. The molecule has 2 aromatic carbocycles. The number of halogens is 4.